The zero-order valence-electron chi connectivity index (χ0n) is 17.9. The Labute approximate surface area is 198 Å². The highest BCUT2D eigenvalue weighted by Crippen LogP contribution is 2.34. The number of ether oxygens (including phenoxy) is 2. The smallest absolute Gasteiger partial charge is 0.258 e. The van der Waals surface area contributed by atoms with Gasteiger partial charge in [-0.15, -0.1) is 0 Å². The number of rotatable bonds is 7. The van der Waals surface area contributed by atoms with Gasteiger partial charge < -0.3 is 25.4 Å². The van der Waals surface area contributed by atoms with Gasteiger partial charge in [-0.25, -0.2) is 9.37 Å². The van der Waals surface area contributed by atoms with Gasteiger partial charge in [0.2, 0.25) is 18.6 Å². The predicted molar refractivity (Wildman–Crippen MR) is 125 cm³/mol. The lowest BCUT2D eigenvalue weighted by atomic mass is 10.2. The molecular formula is C23H19FN4O5S. The summed E-state index contributed by atoms with van der Waals surface area (Å²) in [5.41, 5.74) is 1.04. The number of aromatic nitrogens is 1. The van der Waals surface area contributed by atoms with Crippen molar-refractivity contribution in [2.45, 2.75) is 11.9 Å². The minimum absolute atomic E-state index is 0.00889. The summed E-state index contributed by atoms with van der Waals surface area (Å²) in [5, 5.41) is 8.13. The first kappa shape index (κ1) is 23.1. The van der Waals surface area contributed by atoms with Gasteiger partial charge in [-0.2, -0.15) is 0 Å². The first-order valence-corrected chi connectivity index (χ1v) is 11.0. The summed E-state index contributed by atoms with van der Waals surface area (Å²) in [5.74, 6) is -0.675. The number of fused-ring (bicyclic) bond motifs is 1. The molecule has 0 saturated heterocycles. The fourth-order valence-corrected chi connectivity index (χ4v) is 3.86. The topological polar surface area (TPSA) is 119 Å². The van der Waals surface area contributed by atoms with Crippen molar-refractivity contribution in [3.05, 3.63) is 66.1 Å². The van der Waals surface area contributed by atoms with Gasteiger partial charge in [0.05, 0.1) is 17.0 Å². The van der Waals surface area contributed by atoms with Crippen molar-refractivity contribution < 1.29 is 28.2 Å². The molecule has 0 fully saturated rings. The second-order valence-electron chi connectivity index (χ2n) is 7.09. The normalized spacial score (nSPS) is 11.6. The van der Waals surface area contributed by atoms with E-state index >= 15 is 0 Å². The minimum atomic E-state index is -0.626. The average molecular weight is 482 g/mol. The first-order valence-electron chi connectivity index (χ1n) is 10.0. The molecule has 1 aliphatic heterocycles. The van der Waals surface area contributed by atoms with Crippen LogP contribution < -0.4 is 25.4 Å². The molecule has 2 heterocycles. The lowest BCUT2D eigenvalue weighted by molar-refractivity contribution is -0.114. The van der Waals surface area contributed by atoms with Crippen molar-refractivity contribution in [1.82, 2.24) is 4.98 Å². The zero-order valence-corrected chi connectivity index (χ0v) is 18.7. The van der Waals surface area contributed by atoms with Crippen molar-refractivity contribution in [3.8, 4) is 11.5 Å². The van der Waals surface area contributed by atoms with E-state index in [0.717, 1.165) is 17.8 Å². The van der Waals surface area contributed by atoms with Gasteiger partial charge in [0.25, 0.3) is 5.91 Å². The summed E-state index contributed by atoms with van der Waals surface area (Å²) in [6, 6.07) is 12.1. The minimum Gasteiger partial charge on any atom is -0.454 e. The quantitative estimate of drug-likeness (QED) is 0.437. The summed E-state index contributed by atoms with van der Waals surface area (Å²) >= 11 is 1.10. The third-order valence-corrected chi connectivity index (χ3v) is 5.55. The van der Waals surface area contributed by atoms with Crippen molar-refractivity contribution in [2.24, 2.45) is 0 Å². The van der Waals surface area contributed by atoms with E-state index < -0.39 is 17.6 Å². The number of benzene rings is 2. The molecule has 0 saturated carbocycles. The zero-order chi connectivity index (χ0) is 24.1. The highest BCUT2D eigenvalue weighted by atomic mass is 32.2. The molecule has 1 aliphatic rings. The Bertz CT molecular complexity index is 1270. The number of amides is 3. The molecule has 0 bridgehead atoms. The molecule has 11 heteroatoms. The number of hydrogen-bond acceptors (Lipinski definition) is 7. The molecule has 3 amide bonds. The monoisotopic (exact) mass is 482 g/mol. The van der Waals surface area contributed by atoms with Gasteiger partial charge in [0.15, 0.2) is 11.5 Å². The van der Waals surface area contributed by atoms with Gasteiger partial charge in [-0.1, -0.05) is 11.8 Å². The van der Waals surface area contributed by atoms with Crippen LogP contribution in [0.2, 0.25) is 0 Å². The second-order valence-corrected chi connectivity index (χ2v) is 8.05. The van der Waals surface area contributed by atoms with Crippen LogP contribution in [-0.4, -0.2) is 35.3 Å². The Morgan fingerprint density at radius 1 is 1.00 bits per heavy atom. The van der Waals surface area contributed by atoms with Crippen LogP contribution in [0, 0.1) is 5.82 Å². The molecule has 1 aromatic heterocycles. The lowest BCUT2D eigenvalue weighted by Crippen LogP contribution is -2.16. The summed E-state index contributed by atoms with van der Waals surface area (Å²) in [6.07, 6.45) is 1.52. The van der Waals surface area contributed by atoms with Crippen LogP contribution in [0.25, 0.3) is 0 Å². The van der Waals surface area contributed by atoms with Gasteiger partial charge in [-0.05, 0) is 42.5 Å². The van der Waals surface area contributed by atoms with Crippen LogP contribution in [0.3, 0.4) is 0 Å². The highest BCUT2D eigenvalue weighted by Gasteiger charge is 2.17. The van der Waals surface area contributed by atoms with Crippen molar-refractivity contribution in [2.75, 3.05) is 28.5 Å². The van der Waals surface area contributed by atoms with Crippen molar-refractivity contribution >= 4 is 46.5 Å². The van der Waals surface area contributed by atoms with Crippen molar-refractivity contribution in [1.29, 1.82) is 0 Å². The van der Waals surface area contributed by atoms with E-state index in [1.54, 1.807) is 30.3 Å². The number of pyridine rings is 1. The molecule has 0 aliphatic carbocycles. The molecule has 0 unspecified atom stereocenters. The number of halogens is 1. The van der Waals surface area contributed by atoms with Crippen LogP contribution in [0.4, 0.5) is 21.5 Å². The van der Waals surface area contributed by atoms with Gasteiger partial charge >= 0.3 is 0 Å². The molecule has 0 spiro atoms. The number of nitrogens with zero attached hydrogens (tertiary/aromatic N) is 1. The molecule has 4 rings (SSSR count). The van der Waals surface area contributed by atoms with Crippen LogP contribution in [0.1, 0.15) is 17.3 Å². The van der Waals surface area contributed by atoms with E-state index in [1.807, 2.05) is 0 Å². The van der Waals surface area contributed by atoms with Crippen LogP contribution in [-0.2, 0) is 9.59 Å². The summed E-state index contributed by atoms with van der Waals surface area (Å²) in [6.45, 7) is 1.39. The number of hydrogen-bond donors (Lipinski definition) is 3. The Kier molecular flexibility index (Phi) is 6.93. The molecule has 3 aromatic rings. The molecule has 174 valence electrons. The van der Waals surface area contributed by atoms with E-state index in [2.05, 4.69) is 20.9 Å². The molecule has 0 radical (unpaired) electrons. The van der Waals surface area contributed by atoms with Gasteiger partial charge in [-0.3, -0.25) is 14.4 Å². The average Bonchev–Trinajstić information content (AvgIpc) is 3.28. The fraction of sp³-hybridized carbons (Fsp3) is 0.130. The maximum atomic E-state index is 13.9. The Hall–Kier alpha value is -4.12. The fourth-order valence-electron chi connectivity index (χ4n) is 3.07. The molecule has 34 heavy (non-hydrogen) atoms. The number of carbonyl (C=O) groups excluding carboxylic acids is 3. The van der Waals surface area contributed by atoms with Crippen LogP contribution in [0.5, 0.6) is 11.5 Å². The van der Waals surface area contributed by atoms with Crippen LogP contribution >= 0.6 is 11.8 Å². The number of carbonyl (C=O) groups is 3. The summed E-state index contributed by atoms with van der Waals surface area (Å²) in [4.78, 5) is 40.7. The largest absolute Gasteiger partial charge is 0.454 e. The van der Waals surface area contributed by atoms with E-state index in [1.165, 1.54) is 25.3 Å². The van der Waals surface area contributed by atoms with Crippen molar-refractivity contribution in [3.63, 3.8) is 0 Å². The Morgan fingerprint density at radius 3 is 2.59 bits per heavy atom. The van der Waals surface area contributed by atoms with Crippen LogP contribution in [0.15, 0.2) is 59.8 Å². The third kappa shape index (κ3) is 5.62. The Balaban J connectivity index is 1.40. The summed E-state index contributed by atoms with van der Waals surface area (Å²) in [7, 11) is 0. The Morgan fingerprint density at radius 2 is 1.76 bits per heavy atom. The number of thioether (sulfide) groups is 1. The molecule has 2 aromatic carbocycles. The van der Waals surface area contributed by atoms with Gasteiger partial charge in [0, 0.05) is 30.6 Å². The maximum Gasteiger partial charge on any atom is 0.258 e. The molecular weight excluding hydrogens is 463 g/mol. The molecule has 3 N–H and O–H groups in total. The maximum absolute atomic E-state index is 13.9. The van der Waals surface area contributed by atoms with E-state index in [0.29, 0.717) is 22.2 Å². The number of nitrogens with one attached hydrogen (secondary N) is 3. The van der Waals surface area contributed by atoms with Gasteiger partial charge in [0.1, 0.15) is 10.8 Å². The lowest BCUT2D eigenvalue weighted by Gasteiger charge is -2.11. The summed E-state index contributed by atoms with van der Waals surface area (Å²) < 4.78 is 24.4. The first-order chi connectivity index (χ1) is 16.4. The standard InChI is InChI=1S/C23H19FN4O5S/c1-13(29)26-18-9-14(4-6-17(18)24)28-22(31)16-3-2-8-25-23(16)34-11-21(30)27-15-5-7-19-20(10-15)33-12-32-19/h2-10H,11-12H2,1H3,(H,26,29)(H,27,30)(H,28,31). The van der Waals surface area contributed by atoms with E-state index in [9.17, 15) is 18.8 Å². The molecule has 0 atom stereocenters. The predicted octanol–water partition coefficient (Wildman–Crippen LogP) is 3.89. The van der Waals surface area contributed by atoms with E-state index in [-0.39, 0.29) is 35.4 Å². The number of anilines is 3. The molecule has 9 nitrogen and oxygen atoms in total. The van der Waals surface area contributed by atoms with E-state index in [4.69, 9.17) is 9.47 Å². The highest BCUT2D eigenvalue weighted by molar-refractivity contribution is 8.00. The SMILES string of the molecule is CC(=O)Nc1cc(NC(=O)c2cccnc2SCC(=O)Nc2ccc3c(c2)OCO3)ccc1F. The second kappa shape index (κ2) is 10.2. The third-order valence-electron chi connectivity index (χ3n) is 4.55.